The molecule has 128 valence electrons. The van der Waals surface area contributed by atoms with Crippen molar-refractivity contribution in [3.05, 3.63) is 35.4 Å². The van der Waals surface area contributed by atoms with Crippen LogP contribution in [0.1, 0.15) is 25.0 Å². The molecule has 0 spiro atoms. The lowest BCUT2D eigenvalue weighted by Gasteiger charge is -2.36. The quantitative estimate of drug-likeness (QED) is 0.663. The smallest absolute Gasteiger partial charge is 0.193 e. The Morgan fingerprint density at radius 3 is 2.65 bits per heavy atom. The highest BCUT2D eigenvalue weighted by atomic mass is 32.2. The summed E-state index contributed by atoms with van der Waals surface area (Å²) in [6, 6.07) is 8.54. The number of ether oxygens (including phenoxy) is 1. The molecule has 1 aromatic rings. The Labute approximate surface area is 144 Å². The first-order valence-corrected chi connectivity index (χ1v) is 9.33. The maximum absolute atomic E-state index is 5.15. The van der Waals surface area contributed by atoms with Crippen LogP contribution in [0.15, 0.2) is 29.3 Å². The molecule has 1 atom stereocenters. The number of hydrogen-bond donors (Lipinski definition) is 1. The summed E-state index contributed by atoms with van der Waals surface area (Å²) in [7, 11) is 3.59. The van der Waals surface area contributed by atoms with Gasteiger partial charge in [-0.2, -0.15) is 11.8 Å². The van der Waals surface area contributed by atoms with Gasteiger partial charge in [0.25, 0.3) is 0 Å². The molecule has 0 amide bonds. The van der Waals surface area contributed by atoms with E-state index >= 15 is 0 Å². The van der Waals surface area contributed by atoms with Crippen LogP contribution in [0.5, 0.6) is 0 Å². The fraction of sp³-hybridized carbons (Fsp3) is 0.611. The lowest BCUT2D eigenvalue weighted by Crippen LogP contribution is -2.48. The van der Waals surface area contributed by atoms with Crippen LogP contribution >= 0.6 is 11.8 Å². The summed E-state index contributed by atoms with van der Waals surface area (Å²) in [6.07, 6.45) is 0. The third-order valence-electron chi connectivity index (χ3n) is 4.13. The zero-order valence-electron chi connectivity index (χ0n) is 14.7. The maximum atomic E-state index is 5.15. The Hall–Kier alpha value is -1.20. The zero-order chi connectivity index (χ0) is 16.7. The molecule has 0 saturated carbocycles. The van der Waals surface area contributed by atoms with Crippen LogP contribution in [-0.2, 0) is 17.9 Å². The molecule has 1 fully saturated rings. The molecule has 1 aliphatic rings. The van der Waals surface area contributed by atoms with Crippen LogP contribution in [-0.4, -0.2) is 49.1 Å². The first-order valence-electron chi connectivity index (χ1n) is 8.28. The highest BCUT2D eigenvalue weighted by molar-refractivity contribution is 8.00. The van der Waals surface area contributed by atoms with Crippen LogP contribution in [0.2, 0.25) is 0 Å². The van der Waals surface area contributed by atoms with Crippen LogP contribution < -0.4 is 5.32 Å². The Kier molecular flexibility index (Phi) is 7.24. The van der Waals surface area contributed by atoms with E-state index in [0.717, 1.165) is 25.6 Å². The first-order chi connectivity index (χ1) is 11.1. The number of thioether (sulfide) groups is 1. The van der Waals surface area contributed by atoms with E-state index in [1.165, 1.54) is 16.9 Å². The van der Waals surface area contributed by atoms with Gasteiger partial charge >= 0.3 is 0 Å². The van der Waals surface area contributed by atoms with Crippen molar-refractivity contribution >= 4 is 17.7 Å². The highest BCUT2D eigenvalue weighted by Crippen LogP contribution is 2.24. The van der Waals surface area contributed by atoms with Gasteiger partial charge in [-0.15, -0.1) is 0 Å². The summed E-state index contributed by atoms with van der Waals surface area (Å²) in [5.74, 6) is 2.89. The highest BCUT2D eigenvalue weighted by Gasteiger charge is 2.24. The second-order valence-electron chi connectivity index (χ2n) is 6.25. The predicted octanol–water partition coefficient (Wildman–Crippen LogP) is 2.98. The average Bonchev–Trinajstić information content (AvgIpc) is 2.57. The number of nitrogens with one attached hydrogen (secondary N) is 1. The van der Waals surface area contributed by atoms with Crippen LogP contribution in [0.25, 0.3) is 0 Å². The topological polar surface area (TPSA) is 36.9 Å². The molecular weight excluding hydrogens is 306 g/mol. The van der Waals surface area contributed by atoms with Gasteiger partial charge in [0.2, 0.25) is 0 Å². The van der Waals surface area contributed by atoms with Crippen molar-refractivity contribution in [2.45, 2.75) is 32.2 Å². The van der Waals surface area contributed by atoms with Gasteiger partial charge in [0.15, 0.2) is 5.96 Å². The Bertz CT molecular complexity index is 501. The molecule has 5 heteroatoms. The molecule has 0 aliphatic carbocycles. The number of aliphatic imine (C=N–C) groups is 1. The summed E-state index contributed by atoms with van der Waals surface area (Å²) >= 11 is 2.09. The number of hydrogen-bond acceptors (Lipinski definition) is 3. The second-order valence-corrected chi connectivity index (χ2v) is 7.60. The summed E-state index contributed by atoms with van der Waals surface area (Å²) in [6.45, 7) is 8.22. The maximum Gasteiger partial charge on any atom is 0.193 e. The molecule has 0 radical (unpaired) electrons. The van der Waals surface area contributed by atoms with Gasteiger partial charge in [0, 0.05) is 44.8 Å². The van der Waals surface area contributed by atoms with E-state index in [-0.39, 0.29) is 0 Å². The first kappa shape index (κ1) is 18.1. The Balaban J connectivity index is 1.89. The largest absolute Gasteiger partial charge is 0.380 e. The van der Waals surface area contributed by atoms with Crippen LogP contribution in [0.3, 0.4) is 0 Å². The van der Waals surface area contributed by atoms with Gasteiger partial charge in [-0.25, -0.2) is 0 Å². The normalized spacial score (nSPS) is 19.3. The molecular formula is C18H29N3OS. The van der Waals surface area contributed by atoms with Crippen molar-refractivity contribution in [1.29, 1.82) is 0 Å². The molecule has 2 rings (SSSR count). The van der Waals surface area contributed by atoms with Gasteiger partial charge in [-0.05, 0) is 17.0 Å². The van der Waals surface area contributed by atoms with Crippen LogP contribution in [0.4, 0.5) is 0 Å². The minimum absolute atomic E-state index is 0.664. The average molecular weight is 336 g/mol. The Morgan fingerprint density at radius 1 is 1.35 bits per heavy atom. The molecule has 1 aliphatic heterocycles. The van der Waals surface area contributed by atoms with Crippen molar-refractivity contribution in [1.82, 2.24) is 10.2 Å². The van der Waals surface area contributed by atoms with Crippen molar-refractivity contribution < 1.29 is 4.74 Å². The summed E-state index contributed by atoms with van der Waals surface area (Å²) in [5.41, 5.74) is 2.46. The lowest BCUT2D eigenvalue weighted by atomic mass is 10.1. The van der Waals surface area contributed by atoms with Crippen molar-refractivity contribution in [3.8, 4) is 0 Å². The van der Waals surface area contributed by atoms with Gasteiger partial charge in [-0.1, -0.05) is 38.1 Å². The number of guanidine groups is 1. The predicted molar refractivity (Wildman–Crippen MR) is 100 cm³/mol. The van der Waals surface area contributed by atoms with Gasteiger partial charge in [0.1, 0.15) is 0 Å². The van der Waals surface area contributed by atoms with E-state index in [9.17, 15) is 0 Å². The standard InChI is InChI=1S/C18H29N3OS/c1-14(2)17-12-21(9-10-23-17)18(19-3)20-11-15-5-7-16(8-6-15)13-22-4/h5-8,14,17H,9-13H2,1-4H3,(H,19,20). The number of benzene rings is 1. The minimum atomic E-state index is 0.664. The van der Waals surface area contributed by atoms with E-state index in [2.05, 4.69) is 65.1 Å². The van der Waals surface area contributed by atoms with Gasteiger partial charge in [-0.3, -0.25) is 4.99 Å². The number of rotatable bonds is 5. The number of methoxy groups -OCH3 is 1. The van der Waals surface area contributed by atoms with E-state index in [0.29, 0.717) is 17.8 Å². The number of nitrogens with zero attached hydrogens (tertiary/aromatic N) is 2. The fourth-order valence-electron chi connectivity index (χ4n) is 2.70. The molecule has 1 unspecified atom stereocenters. The third-order valence-corrected chi connectivity index (χ3v) is 5.67. The second kappa shape index (κ2) is 9.18. The third kappa shape index (κ3) is 5.43. The van der Waals surface area contributed by atoms with E-state index in [1.807, 2.05) is 7.05 Å². The lowest BCUT2D eigenvalue weighted by molar-refractivity contribution is 0.185. The van der Waals surface area contributed by atoms with Crippen molar-refractivity contribution in [3.63, 3.8) is 0 Å². The minimum Gasteiger partial charge on any atom is -0.380 e. The molecule has 0 bridgehead atoms. The molecule has 1 heterocycles. The molecule has 1 N–H and O–H groups in total. The van der Waals surface area contributed by atoms with Crippen molar-refractivity contribution in [2.24, 2.45) is 10.9 Å². The molecule has 4 nitrogen and oxygen atoms in total. The molecule has 1 saturated heterocycles. The monoisotopic (exact) mass is 335 g/mol. The molecule has 1 aromatic carbocycles. The zero-order valence-corrected chi connectivity index (χ0v) is 15.5. The van der Waals surface area contributed by atoms with E-state index < -0.39 is 0 Å². The van der Waals surface area contributed by atoms with Gasteiger partial charge < -0.3 is 15.0 Å². The van der Waals surface area contributed by atoms with Crippen LogP contribution in [0, 0.1) is 5.92 Å². The molecule has 23 heavy (non-hydrogen) atoms. The van der Waals surface area contributed by atoms with E-state index in [1.54, 1.807) is 7.11 Å². The van der Waals surface area contributed by atoms with Gasteiger partial charge in [0.05, 0.1) is 6.61 Å². The SMILES string of the molecule is CN=C(NCc1ccc(COC)cc1)N1CCSC(C(C)C)C1. The Morgan fingerprint density at radius 2 is 2.04 bits per heavy atom. The summed E-state index contributed by atoms with van der Waals surface area (Å²) in [5, 5.41) is 4.19. The molecule has 0 aromatic heterocycles. The summed E-state index contributed by atoms with van der Waals surface area (Å²) < 4.78 is 5.15. The summed E-state index contributed by atoms with van der Waals surface area (Å²) in [4.78, 5) is 6.86. The fourth-order valence-corrected chi connectivity index (χ4v) is 4.00. The van der Waals surface area contributed by atoms with Crippen molar-refractivity contribution in [2.75, 3.05) is 33.0 Å². The van der Waals surface area contributed by atoms with E-state index in [4.69, 9.17) is 4.74 Å².